The Balaban J connectivity index is 1.71. The third kappa shape index (κ3) is 5.04. The van der Waals surface area contributed by atoms with E-state index >= 15 is 0 Å². The Bertz CT molecular complexity index is 1320. The molecular formula is C21H19F4IN4O3S. The molecule has 13 heteroatoms. The molecule has 0 saturated carbocycles. The lowest BCUT2D eigenvalue weighted by Gasteiger charge is -2.24. The zero-order valence-electron chi connectivity index (χ0n) is 17.7. The molecule has 182 valence electrons. The number of nitrogens with one attached hydrogen (secondary N) is 1. The van der Waals surface area contributed by atoms with Gasteiger partial charge in [-0.2, -0.15) is 18.2 Å². The number of benzene rings is 1. The molecule has 1 N–H and O–H groups in total. The number of nitrogens with zero attached hydrogens (tertiary/aromatic N) is 3. The second-order valence-corrected chi connectivity index (χ2v) is 11.4. The van der Waals surface area contributed by atoms with Crippen LogP contribution in [0.15, 0.2) is 30.6 Å². The van der Waals surface area contributed by atoms with Gasteiger partial charge in [-0.3, -0.25) is 0 Å². The summed E-state index contributed by atoms with van der Waals surface area (Å²) >= 11 is 1.79. The quantitative estimate of drug-likeness (QED) is 0.188. The highest BCUT2D eigenvalue weighted by atomic mass is 127. The number of sulfone groups is 1. The van der Waals surface area contributed by atoms with E-state index in [0.717, 1.165) is 6.07 Å². The van der Waals surface area contributed by atoms with Crippen molar-refractivity contribution in [1.29, 1.82) is 0 Å². The molecule has 0 aliphatic carbocycles. The van der Waals surface area contributed by atoms with Gasteiger partial charge in [0.25, 0.3) is 0 Å². The second kappa shape index (κ2) is 9.40. The Labute approximate surface area is 206 Å². The van der Waals surface area contributed by atoms with E-state index in [1.165, 1.54) is 19.5 Å². The fourth-order valence-corrected chi connectivity index (χ4v) is 6.19. The number of hydrogen-bond acceptors (Lipinski definition) is 7. The number of hydrogen-bond donors (Lipinski definition) is 1. The predicted octanol–water partition coefficient (Wildman–Crippen LogP) is 5.03. The lowest BCUT2D eigenvalue weighted by Crippen LogP contribution is -2.22. The normalized spacial score (nSPS) is 17.5. The molecule has 0 unspecified atom stereocenters. The van der Waals surface area contributed by atoms with Crippen molar-refractivity contribution < 1.29 is 30.7 Å². The number of anilines is 1. The highest BCUT2D eigenvalue weighted by Crippen LogP contribution is 2.39. The Morgan fingerprint density at radius 1 is 1.21 bits per heavy atom. The van der Waals surface area contributed by atoms with Crippen LogP contribution in [0.25, 0.3) is 11.0 Å². The molecule has 1 atom stereocenters. The first-order valence-electron chi connectivity index (χ1n) is 10.2. The second-order valence-electron chi connectivity index (χ2n) is 7.82. The predicted molar refractivity (Wildman–Crippen MR) is 126 cm³/mol. The standard InChI is InChI=1S/C21H19F4IN4O3S/c1-33-20-13(11-5-7-34(31,32)8-6-11)9-14-18(27-10-28-19(14)30-20)29-17(26)12-3-2-4-15(16(12)22)21(23,24)25/h2-4,9-11,17H,5-8H2,1H3,(H,27,28,29,30)/t17-/m0/s1. The molecule has 1 saturated heterocycles. The zero-order valence-corrected chi connectivity index (χ0v) is 20.7. The van der Waals surface area contributed by atoms with Crippen LogP contribution >= 0.6 is 22.6 Å². The maximum Gasteiger partial charge on any atom is 0.419 e. The number of alkyl halides is 4. The van der Waals surface area contributed by atoms with Crippen LogP contribution in [0.2, 0.25) is 0 Å². The first-order chi connectivity index (χ1) is 16.0. The van der Waals surface area contributed by atoms with Crippen LogP contribution < -0.4 is 10.1 Å². The van der Waals surface area contributed by atoms with Crippen molar-refractivity contribution in [3.63, 3.8) is 0 Å². The highest BCUT2D eigenvalue weighted by Gasteiger charge is 2.35. The van der Waals surface area contributed by atoms with Gasteiger partial charge in [0, 0.05) is 11.1 Å². The van der Waals surface area contributed by atoms with E-state index in [-0.39, 0.29) is 34.5 Å². The number of aromatic nitrogens is 3. The third-order valence-corrected chi connectivity index (χ3v) is 8.37. The highest BCUT2D eigenvalue weighted by molar-refractivity contribution is 14.1. The largest absolute Gasteiger partial charge is 0.481 e. The van der Waals surface area contributed by atoms with Gasteiger partial charge in [-0.25, -0.2) is 22.8 Å². The molecule has 3 heterocycles. The summed E-state index contributed by atoms with van der Waals surface area (Å²) in [6.07, 6.45) is -2.77. The van der Waals surface area contributed by atoms with Gasteiger partial charge in [0.15, 0.2) is 5.65 Å². The summed E-state index contributed by atoms with van der Waals surface area (Å²) in [6.45, 7) is 0. The molecule has 7 nitrogen and oxygen atoms in total. The minimum atomic E-state index is -4.82. The molecule has 2 aromatic heterocycles. The van der Waals surface area contributed by atoms with Crippen molar-refractivity contribution in [3.05, 3.63) is 53.1 Å². The number of methoxy groups -OCH3 is 1. The summed E-state index contributed by atoms with van der Waals surface area (Å²) < 4.78 is 82.2. The zero-order chi connectivity index (χ0) is 24.7. The van der Waals surface area contributed by atoms with Crippen molar-refractivity contribution in [1.82, 2.24) is 15.0 Å². The average Bonchev–Trinajstić information content (AvgIpc) is 2.78. The molecule has 0 amide bonds. The summed E-state index contributed by atoms with van der Waals surface area (Å²) in [7, 11) is -1.62. The van der Waals surface area contributed by atoms with Crippen molar-refractivity contribution in [2.24, 2.45) is 0 Å². The maximum absolute atomic E-state index is 14.6. The van der Waals surface area contributed by atoms with Crippen LogP contribution in [-0.2, 0) is 16.0 Å². The maximum atomic E-state index is 14.6. The summed E-state index contributed by atoms with van der Waals surface area (Å²) in [4.78, 5) is 12.8. The van der Waals surface area contributed by atoms with Crippen LogP contribution in [-0.4, -0.2) is 42.0 Å². The molecule has 3 aromatic rings. The van der Waals surface area contributed by atoms with E-state index < -0.39 is 31.4 Å². The summed E-state index contributed by atoms with van der Waals surface area (Å²) in [5.74, 6) is -0.791. The third-order valence-electron chi connectivity index (χ3n) is 5.68. The summed E-state index contributed by atoms with van der Waals surface area (Å²) in [5, 5.41) is 3.41. The lowest BCUT2D eigenvalue weighted by atomic mass is 9.93. The van der Waals surface area contributed by atoms with Gasteiger partial charge >= 0.3 is 6.18 Å². The molecule has 0 spiro atoms. The first kappa shape index (κ1) is 24.8. The van der Waals surface area contributed by atoms with E-state index in [2.05, 4.69) is 20.3 Å². The van der Waals surface area contributed by atoms with Crippen LogP contribution in [0.5, 0.6) is 5.88 Å². The molecule has 0 radical (unpaired) electrons. The van der Waals surface area contributed by atoms with Crippen LogP contribution in [0.4, 0.5) is 23.4 Å². The summed E-state index contributed by atoms with van der Waals surface area (Å²) in [6, 6.07) is 4.86. The lowest BCUT2D eigenvalue weighted by molar-refractivity contribution is -0.140. The molecule has 1 fully saturated rings. The minimum absolute atomic E-state index is 0.0555. The monoisotopic (exact) mass is 610 g/mol. The number of rotatable bonds is 5. The van der Waals surface area contributed by atoms with Crippen LogP contribution in [0, 0.1) is 5.82 Å². The molecule has 1 aromatic carbocycles. The molecule has 1 aliphatic heterocycles. The minimum Gasteiger partial charge on any atom is -0.481 e. The van der Waals surface area contributed by atoms with Crippen LogP contribution in [0.1, 0.15) is 39.5 Å². The topological polar surface area (TPSA) is 94.1 Å². The van der Waals surface area contributed by atoms with E-state index in [9.17, 15) is 26.0 Å². The van der Waals surface area contributed by atoms with Gasteiger partial charge in [-0.15, -0.1) is 0 Å². The van der Waals surface area contributed by atoms with E-state index in [4.69, 9.17) is 4.74 Å². The van der Waals surface area contributed by atoms with Gasteiger partial charge in [-0.05, 0) is 30.9 Å². The smallest absolute Gasteiger partial charge is 0.419 e. The molecule has 34 heavy (non-hydrogen) atoms. The number of ether oxygens (including phenoxy) is 1. The summed E-state index contributed by atoms with van der Waals surface area (Å²) in [5.41, 5.74) is -0.559. The fourth-order valence-electron chi connectivity index (χ4n) is 3.92. The van der Waals surface area contributed by atoms with Crippen LogP contribution in [0.3, 0.4) is 0 Å². The van der Waals surface area contributed by atoms with Crippen molar-refractivity contribution >= 4 is 49.3 Å². The van der Waals surface area contributed by atoms with Gasteiger partial charge in [0.05, 0.1) is 29.6 Å². The van der Waals surface area contributed by atoms with E-state index in [0.29, 0.717) is 35.7 Å². The SMILES string of the molecule is COc1nc2ncnc(N[C@H](I)c3cccc(C(F)(F)F)c3F)c2cc1C1CCS(=O)(=O)CC1. The van der Waals surface area contributed by atoms with E-state index in [1.54, 1.807) is 28.7 Å². The average molecular weight is 610 g/mol. The first-order valence-corrected chi connectivity index (χ1v) is 13.2. The Hall–Kier alpha value is -2.29. The van der Waals surface area contributed by atoms with Gasteiger partial charge in [-0.1, -0.05) is 34.7 Å². The Morgan fingerprint density at radius 2 is 1.91 bits per heavy atom. The number of halogens is 5. The van der Waals surface area contributed by atoms with Gasteiger partial charge < -0.3 is 10.1 Å². The molecular weight excluding hydrogens is 591 g/mol. The van der Waals surface area contributed by atoms with Crippen molar-refractivity contribution in [2.75, 3.05) is 23.9 Å². The van der Waals surface area contributed by atoms with E-state index in [1.807, 2.05) is 0 Å². The Kier molecular flexibility index (Phi) is 6.86. The molecule has 1 aliphatic rings. The van der Waals surface area contributed by atoms with Crippen molar-refractivity contribution in [2.45, 2.75) is 29.0 Å². The molecule has 4 rings (SSSR count). The van der Waals surface area contributed by atoms with Gasteiger partial charge in [0.2, 0.25) is 5.88 Å². The van der Waals surface area contributed by atoms with Gasteiger partial charge in [0.1, 0.15) is 31.8 Å². The fraction of sp³-hybridized carbons (Fsp3) is 0.381. The number of fused-ring (bicyclic) bond motifs is 1. The van der Waals surface area contributed by atoms with Crippen molar-refractivity contribution in [3.8, 4) is 5.88 Å². The molecule has 0 bridgehead atoms. The Morgan fingerprint density at radius 3 is 2.56 bits per heavy atom. The number of pyridine rings is 1.